The summed E-state index contributed by atoms with van der Waals surface area (Å²) < 4.78 is 30.9. The third-order valence-corrected chi connectivity index (χ3v) is 4.44. The fraction of sp³-hybridized carbons (Fsp3) is 0.500. The number of hydrogen-bond donors (Lipinski definition) is 0. The van der Waals surface area contributed by atoms with Gasteiger partial charge >= 0.3 is 0 Å². The fourth-order valence-corrected chi connectivity index (χ4v) is 2.82. The molecular formula is C12H18ClNO3S. The number of ether oxygens (including phenoxy) is 1. The van der Waals surface area contributed by atoms with Crippen LogP contribution in [0.15, 0.2) is 29.2 Å². The minimum atomic E-state index is -3.39. The Morgan fingerprint density at radius 3 is 2.39 bits per heavy atom. The molecule has 0 aromatic heterocycles. The summed E-state index contributed by atoms with van der Waals surface area (Å²) in [7, 11) is -1.81. The molecule has 0 aliphatic heterocycles. The van der Waals surface area contributed by atoms with E-state index in [9.17, 15) is 8.42 Å². The Kier molecular flexibility index (Phi) is 5.91. The number of nitrogens with zero attached hydrogens (tertiary/aromatic N) is 1. The van der Waals surface area contributed by atoms with Crippen LogP contribution in [0.4, 0.5) is 0 Å². The van der Waals surface area contributed by atoms with Gasteiger partial charge in [-0.15, -0.1) is 11.6 Å². The first-order valence-electron chi connectivity index (χ1n) is 5.77. The summed E-state index contributed by atoms with van der Waals surface area (Å²) in [5.74, 6) is 1.02. The lowest BCUT2D eigenvalue weighted by Crippen LogP contribution is -2.27. The minimum absolute atomic E-state index is 0.275. The Hall–Kier alpha value is -0.780. The SMILES string of the molecule is CCCN(C)S(=O)(=O)c1ccc(OCCCl)cc1. The Labute approximate surface area is 114 Å². The summed E-state index contributed by atoms with van der Waals surface area (Å²) in [6, 6.07) is 6.37. The molecule has 18 heavy (non-hydrogen) atoms. The van der Waals surface area contributed by atoms with Crippen LogP contribution < -0.4 is 4.74 Å². The van der Waals surface area contributed by atoms with Gasteiger partial charge in [0.15, 0.2) is 0 Å². The molecule has 0 saturated carbocycles. The van der Waals surface area contributed by atoms with Crippen molar-refractivity contribution >= 4 is 21.6 Å². The molecule has 0 heterocycles. The van der Waals surface area contributed by atoms with Crippen LogP contribution in [0.25, 0.3) is 0 Å². The number of rotatable bonds is 7. The smallest absolute Gasteiger partial charge is 0.242 e. The Morgan fingerprint density at radius 1 is 1.28 bits per heavy atom. The molecule has 1 aromatic rings. The lowest BCUT2D eigenvalue weighted by atomic mass is 10.3. The van der Waals surface area contributed by atoms with E-state index in [0.717, 1.165) is 6.42 Å². The van der Waals surface area contributed by atoms with Gasteiger partial charge in [0.2, 0.25) is 10.0 Å². The van der Waals surface area contributed by atoms with E-state index in [1.54, 1.807) is 31.3 Å². The molecule has 0 amide bonds. The maximum absolute atomic E-state index is 12.1. The molecule has 1 rings (SSSR count). The van der Waals surface area contributed by atoms with Crippen LogP contribution in [0, 0.1) is 0 Å². The zero-order valence-electron chi connectivity index (χ0n) is 10.6. The van der Waals surface area contributed by atoms with Gasteiger partial charge in [0.25, 0.3) is 0 Å². The largest absolute Gasteiger partial charge is 0.492 e. The van der Waals surface area contributed by atoms with Crippen LogP contribution in [-0.2, 0) is 10.0 Å². The number of halogens is 1. The first-order chi connectivity index (χ1) is 8.52. The molecule has 0 atom stereocenters. The molecule has 0 unspecified atom stereocenters. The van der Waals surface area contributed by atoms with Crippen LogP contribution in [0.1, 0.15) is 13.3 Å². The van der Waals surface area contributed by atoms with E-state index in [0.29, 0.717) is 24.8 Å². The van der Waals surface area contributed by atoms with Gasteiger partial charge in [0.05, 0.1) is 10.8 Å². The van der Waals surface area contributed by atoms with Crippen molar-refractivity contribution in [3.63, 3.8) is 0 Å². The Bertz CT molecular complexity index is 459. The predicted molar refractivity (Wildman–Crippen MR) is 72.8 cm³/mol. The number of hydrogen-bond acceptors (Lipinski definition) is 3. The summed E-state index contributed by atoms with van der Waals surface area (Å²) in [6.07, 6.45) is 0.784. The van der Waals surface area contributed by atoms with Gasteiger partial charge in [-0.3, -0.25) is 0 Å². The highest BCUT2D eigenvalue weighted by Gasteiger charge is 2.19. The minimum Gasteiger partial charge on any atom is -0.492 e. The highest BCUT2D eigenvalue weighted by Crippen LogP contribution is 2.18. The lowest BCUT2D eigenvalue weighted by molar-refractivity contribution is 0.342. The van der Waals surface area contributed by atoms with Crippen LogP contribution in [-0.4, -0.2) is 38.8 Å². The molecule has 0 spiro atoms. The van der Waals surface area contributed by atoms with Crippen molar-refractivity contribution in [2.75, 3.05) is 26.1 Å². The molecule has 0 aliphatic carbocycles. The maximum Gasteiger partial charge on any atom is 0.242 e. The third kappa shape index (κ3) is 3.86. The molecule has 1 aromatic carbocycles. The topological polar surface area (TPSA) is 46.6 Å². The second-order valence-corrected chi connectivity index (χ2v) is 6.26. The van der Waals surface area contributed by atoms with Gasteiger partial charge in [0.1, 0.15) is 12.4 Å². The van der Waals surface area contributed by atoms with Crippen molar-refractivity contribution in [3.05, 3.63) is 24.3 Å². The summed E-state index contributed by atoms with van der Waals surface area (Å²) in [6.45, 7) is 2.85. The standard InChI is InChI=1S/C12H18ClNO3S/c1-3-9-14(2)18(15,16)12-6-4-11(5-7-12)17-10-8-13/h4-7H,3,8-10H2,1-2H3. The maximum atomic E-state index is 12.1. The average molecular weight is 292 g/mol. The Morgan fingerprint density at radius 2 is 1.89 bits per heavy atom. The van der Waals surface area contributed by atoms with E-state index in [4.69, 9.17) is 16.3 Å². The second-order valence-electron chi connectivity index (χ2n) is 3.84. The van der Waals surface area contributed by atoms with Crippen molar-refractivity contribution in [1.29, 1.82) is 0 Å². The van der Waals surface area contributed by atoms with Crippen molar-refractivity contribution < 1.29 is 13.2 Å². The molecule has 0 saturated heterocycles. The molecule has 0 N–H and O–H groups in total. The summed E-state index contributed by atoms with van der Waals surface area (Å²) in [5.41, 5.74) is 0. The van der Waals surface area contributed by atoms with Crippen molar-refractivity contribution in [1.82, 2.24) is 4.31 Å². The van der Waals surface area contributed by atoms with Crippen molar-refractivity contribution in [2.24, 2.45) is 0 Å². The second kappa shape index (κ2) is 6.97. The summed E-state index contributed by atoms with van der Waals surface area (Å²) in [5, 5.41) is 0. The number of sulfonamides is 1. The molecule has 0 bridgehead atoms. The van der Waals surface area contributed by atoms with E-state index in [-0.39, 0.29) is 4.90 Å². The summed E-state index contributed by atoms with van der Waals surface area (Å²) in [4.78, 5) is 0.275. The molecule has 0 aliphatic rings. The van der Waals surface area contributed by atoms with Crippen LogP contribution in [0.2, 0.25) is 0 Å². The zero-order chi connectivity index (χ0) is 13.6. The monoisotopic (exact) mass is 291 g/mol. The van der Waals surface area contributed by atoms with E-state index in [2.05, 4.69) is 0 Å². The van der Waals surface area contributed by atoms with Gasteiger partial charge in [0, 0.05) is 13.6 Å². The van der Waals surface area contributed by atoms with Gasteiger partial charge in [-0.25, -0.2) is 12.7 Å². The van der Waals surface area contributed by atoms with E-state index in [1.807, 2.05) is 6.92 Å². The van der Waals surface area contributed by atoms with Crippen molar-refractivity contribution in [2.45, 2.75) is 18.2 Å². The van der Waals surface area contributed by atoms with Gasteiger partial charge in [-0.05, 0) is 30.7 Å². The van der Waals surface area contributed by atoms with E-state index < -0.39 is 10.0 Å². The Balaban J connectivity index is 2.84. The summed E-state index contributed by atoms with van der Waals surface area (Å²) >= 11 is 5.50. The van der Waals surface area contributed by atoms with Gasteiger partial charge < -0.3 is 4.74 Å². The first kappa shape index (κ1) is 15.3. The normalized spacial score (nSPS) is 11.8. The highest BCUT2D eigenvalue weighted by molar-refractivity contribution is 7.89. The zero-order valence-corrected chi connectivity index (χ0v) is 12.2. The molecule has 4 nitrogen and oxygen atoms in total. The molecule has 0 fully saturated rings. The van der Waals surface area contributed by atoms with Crippen LogP contribution in [0.3, 0.4) is 0 Å². The third-order valence-electron chi connectivity index (χ3n) is 2.42. The van der Waals surface area contributed by atoms with Gasteiger partial charge in [-0.2, -0.15) is 0 Å². The van der Waals surface area contributed by atoms with Gasteiger partial charge in [-0.1, -0.05) is 6.92 Å². The molecule has 0 radical (unpaired) electrons. The molecular weight excluding hydrogens is 274 g/mol. The van der Waals surface area contributed by atoms with E-state index >= 15 is 0 Å². The highest BCUT2D eigenvalue weighted by atomic mass is 35.5. The lowest BCUT2D eigenvalue weighted by Gasteiger charge is -2.16. The average Bonchev–Trinajstić information content (AvgIpc) is 2.37. The quantitative estimate of drug-likeness (QED) is 0.725. The first-order valence-corrected chi connectivity index (χ1v) is 7.75. The van der Waals surface area contributed by atoms with Crippen LogP contribution in [0.5, 0.6) is 5.75 Å². The molecule has 102 valence electrons. The number of benzene rings is 1. The van der Waals surface area contributed by atoms with Crippen molar-refractivity contribution in [3.8, 4) is 5.75 Å². The number of alkyl halides is 1. The van der Waals surface area contributed by atoms with Crippen LogP contribution >= 0.6 is 11.6 Å². The van der Waals surface area contributed by atoms with E-state index in [1.165, 1.54) is 4.31 Å². The molecule has 6 heteroatoms. The predicted octanol–water partition coefficient (Wildman–Crippen LogP) is 2.33. The fourth-order valence-electron chi connectivity index (χ4n) is 1.48.